The average molecular weight is 327 g/mol. The number of aromatic nitrogens is 2. The summed E-state index contributed by atoms with van der Waals surface area (Å²) in [5, 5.41) is 5.64. The second-order valence-corrected chi connectivity index (χ2v) is 6.09. The van der Waals surface area contributed by atoms with E-state index < -0.39 is 11.7 Å². The number of rotatable bonds is 4. The highest BCUT2D eigenvalue weighted by Gasteiger charge is 2.16. The van der Waals surface area contributed by atoms with Crippen LogP contribution in [0.1, 0.15) is 26.3 Å². The van der Waals surface area contributed by atoms with E-state index in [0.29, 0.717) is 23.0 Å². The third kappa shape index (κ3) is 4.98. The van der Waals surface area contributed by atoms with Crippen molar-refractivity contribution in [3.63, 3.8) is 0 Å². The summed E-state index contributed by atoms with van der Waals surface area (Å²) >= 11 is 0. The summed E-state index contributed by atoms with van der Waals surface area (Å²) in [6, 6.07) is 7.10. The molecule has 0 atom stereocenters. The normalized spacial score (nSPS) is 10.8. The summed E-state index contributed by atoms with van der Waals surface area (Å²) in [5.74, 6) is 0.817. The molecule has 0 aliphatic carbocycles. The molecule has 7 nitrogen and oxygen atoms in total. The summed E-state index contributed by atoms with van der Waals surface area (Å²) in [7, 11) is 0. The molecule has 0 unspecified atom stereocenters. The summed E-state index contributed by atoms with van der Waals surface area (Å²) in [5.41, 5.74) is 7.59. The van der Waals surface area contributed by atoms with Crippen LogP contribution in [0.15, 0.2) is 37.2 Å². The first-order chi connectivity index (χ1) is 11.3. The fraction of sp³-hybridized carbons (Fsp3) is 0.235. The lowest BCUT2D eigenvalue weighted by Crippen LogP contribution is -2.27. The summed E-state index contributed by atoms with van der Waals surface area (Å²) in [6.45, 7) is 9.06. The van der Waals surface area contributed by atoms with Gasteiger partial charge < -0.3 is 15.8 Å². The predicted octanol–water partition coefficient (Wildman–Crippen LogP) is 3.79. The second-order valence-electron chi connectivity index (χ2n) is 6.09. The lowest BCUT2D eigenvalue weighted by atomic mass is 10.1. The van der Waals surface area contributed by atoms with E-state index in [4.69, 9.17) is 10.5 Å². The van der Waals surface area contributed by atoms with E-state index >= 15 is 0 Å². The second kappa shape index (κ2) is 6.99. The minimum Gasteiger partial charge on any atom is -0.444 e. The Morgan fingerprint density at radius 1 is 1.25 bits per heavy atom. The maximum atomic E-state index is 11.8. The Kier molecular flexibility index (Phi) is 5.03. The van der Waals surface area contributed by atoms with Gasteiger partial charge in [0.25, 0.3) is 0 Å². The van der Waals surface area contributed by atoms with Gasteiger partial charge in [-0.2, -0.15) is 0 Å². The molecule has 1 heterocycles. The van der Waals surface area contributed by atoms with Gasteiger partial charge in [-0.25, -0.2) is 14.8 Å². The zero-order valence-electron chi connectivity index (χ0n) is 14.0. The third-order valence-electron chi connectivity index (χ3n) is 2.87. The molecule has 1 aromatic heterocycles. The first-order valence-electron chi connectivity index (χ1n) is 7.38. The van der Waals surface area contributed by atoms with Crippen LogP contribution in [0.2, 0.25) is 0 Å². The van der Waals surface area contributed by atoms with Crippen LogP contribution in [0, 0.1) is 0 Å². The van der Waals surface area contributed by atoms with Crippen LogP contribution in [0.25, 0.3) is 6.08 Å². The summed E-state index contributed by atoms with van der Waals surface area (Å²) in [6.07, 6.45) is 2.47. The first kappa shape index (κ1) is 17.3. The van der Waals surface area contributed by atoms with Crippen molar-refractivity contribution in [3.05, 3.63) is 42.7 Å². The molecule has 0 spiro atoms. The standard InChI is InChI=1S/C17H21N5O2/c1-5-11-6-7-13(12(18)8-11)21-14-9-15(20-10-19-14)22-16(23)24-17(2,3)4/h5-10H,1,18H2,2-4H3,(H2,19,20,21,22,23). The molecule has 0 aliphatic rings. The highest BCUT2D eigenvalue weighted by molar-refractivity contribution is 5.84. The monoisotopic (exact) mass is 327 g/mol. The topological polar surface area (TPSA) is 102 Å². The van der Waals surface area contributed by atoms with Crippen molar-refractivity contribution in [1.29, 1.82) is 0 Å². The maximum absolute atomic E-state index is 11.8. The molecule has 1 amide bonds. The number of nitrogens with two attached hydrogens (primary N) is 1. The van der Waals surface area contributed by atoms with E-state index in [9.17, 15) is 4.79 Å². The van der Waals surface area contributed by atoms with Crippen molar-refractivity contribution in [3.8, 4) is 0 Å². The number of nitrogens with zero attached hydrogens (tertiary/aromatic N) is 2. The van der Waals surface area contributed by atoms with E-state index in [1.54, 1.807) is 39.0 Å². The smallest absolute Gasteiger partial charge is 0.413 e. The van der Waals surface area contributed by atoms with Crippen molar-refractivity contribution in [2.45, 2.75) is 26.4 Å². The molecule has 0 saturated carbocycles. The minimum atomic E-state index is -0.584. The number of amides is 1. The van der Waals surface area contributed by atoms with Crippen LogP contribution in [-0.4, -0.2) is 21.7 Å². The predicted molar refractivity (Wildman–Crippen MR) is 96.1 cm³/mol. The van der Waals surface area contributed by atoms with Crippen LogP contribution in [0.5, 0.6) is 0 Å². The Morgan fingerprint density at radius 2 is 1.96 bits per heavy atom. The highest BCUT2D eigenvalue weighted by Crippen LogP contribution is 2.24. The molecule has 4 N–H and O–H groups in total. The van der Waals surface area contributed by atoms with Crippen molar-refractivity contribution in [2.24, 2.45) is 0 Å². The third-order valence-corrected chi connectivity index (χ3v) is 2.87. The number of nitrogen functional groups attached to an aromatic ring is 1. The van der Waals surface area contributed by atoms with E-state index in [0.717, 1.165) is 5.56 Å². The molecule has 0 saturated heterocycles. The van der Waals surface area contributed by atoms with E-state index in [1.165, 1.54) is 6.33 Å². The van der Waals surface area contributed by atoms with Crippen molar-refractivity contribution >= 4 is 35.2 Å². The fourth-order valence-corrected chi connectivity index (χ4v) is 1.86. The number of carbonyl (C=O) groups is 1. The van der Waals surface area contributed by atoms with Gasteiger partial charge in [0, 0.05) is 6.07 Å². The van der Waals surface area contributed by atoms with Gasteiger partial charge in [0.1, 0.15) is 23.6 Å². The lowest BCUT2D eigenvalue weighted by Gasteiger charge is -2.19. The van der Waals surface area contributed by atoms with Crippen molar-refractivity contribution in [1.82, 2.24) is 9.97 Å². The average Bonchev–Trinajstić information content (AvgIpc) is 2.47. The largest absolute Gasteiger partial charge is 0.444 e. The molecule has 0 bridgehead atoms. The summed E-state index contributed by atoms with van der Waals surface area (Å²) < 4.78 is 5.18. The number of carbonyl (C=O) groups excluding carboxylic acids is 1. The minimum absolute atomic E-state index is 0.322. The van der Waals surface area contributed by atoms with Gasteiger partial charge in [0.05, 0.1) is 11.4 Å². The van der Waals surface area contributed by atoms with Gasteiger partial charge in [0.15, 0.2) is 0 Å². The van der Waals surface area contributed by atoms with E-state index in [1.807, 2.05) is 12.1 Å². The van der Waals surface area contributed by atoms with E-state index in [2.05, 4.69) is 27.2 Å². The van der Waals surface area contributed by atoms with Crippen LogP contribution in [0.4, 0.5) is 27.8 Å². The fourth-order valence-electron chi connectivity index (χ4n) is 1.86. The Bertz CT molecular complexity index is 753. The maximum Gasteiger partial charge on any atom is 0.413 e. The van der Waals surface area contributed by atoms with Gasteiger partial charge >= 0.3 is 6.09 Å². The van der Waals surface area contributed by atoms with Gasteiger partial charge in [-0.15, -0.1) is 0 Å². The number of benzene rings is 1. The molecule has 0 aliphatic heterocycles. The van der Waals surface area contributed by atoms with Gasteiger partial charge in [-0.1, -0.05) is 18.7 Å². The van der Waals surface area contributed by atoms with Crippen LogP contribution in [0.3, 0.4) is 0 Å². The molecule has 126 valence electrons. The van der Waals surface area contributed by atoms with E-state index in [-0.39, 0.29) is 0 Å². The molecular weight excluding hydrogens is 306 g/mol. The highest BCUT2D eigenvalue weighted by atomic mass is 16.6. The molecule has 7 heteroatoms. The number of anilines is 4. The van der Waals surface area contributed by atoms with Gasteiger partial charge in [-0.3, -0.25) is 5.32 Å². The Hall–Kier alpha value is -3.09. The van der Waals surface area contributed by atoms with Crippen molar-refractivity contribution in [2.75, 3.05) is 16.4 Å². The Balaban J connectivity index is 2.10. The number of nitrogens with one attached hydrogen (secondary N) is 2. The van der Waals surface area contributed by atoms with Crippen molar-refractivity contribution < 1.29 is 9.53 Å². The number of hydrogen-bond acceptors (Lipinski definition) is 6. The lowest BCUT2D eigenvalue weighted by molar-refractivity contribution is 0.0635. The van der Waals surface area contributed by atoms with Crippen LogP contribution in [-0.2, 0) is 4.74 Å². The number of hydrogen-bond donors (Lipinski definition) is 3. The zero-order valence-corrected chi connectivity index (χ0v) is 14.0. The molecule has 0 radical (unpaired) electrons. The Morgan fingerprint density at radius 3 is 2.58 bits per heavy atom. The SMILES string of the molecule is C=Cc1ccc(Nc2cc(NC(=O)OC(C)(C)C)ncn2)c(N)c1. The first-order valence-corrected chi connectivity index (χ1v) is 7.38. The molecule has 2 rings (SSSR count). The van der Waals surface area contributed by atoms with Crippen LogP contribution < -0.4 is 16.4 Å². The zero-order chi connectivity index (χ0) is 17.7. The molecule has 1 aromatic carbocycles. The quantitative estimate of drug-likeness (QED) is 0.738. The van der Waals surface area contributed by atoms with Gasteiger partial charge in [-0.05, 0) is 38.5 Å². The Labute approximate surface area is 141 Å². The summed E-state index contributed by atoms with van der Waals surface area (Å²) in [4.78, 5) is 19.9. The molecule has 24 heavy (non-hydrogen) atoms. The number of ether oxygens (including phenoxy) is 1. The van der Waals surface area contributed by atoms with Crippen LogP contribution >= 0.6 is 0 Å². The molecular formula is C17H21N5O2. The molecule has 2 aromatic rings. The molecule has 0 fully saturated rings. The van der Waals surface area contributed by atoms with Gasteiger partial charge in [0.2, 0.25) is 0 Å².